The Morgan fingerprint density at radius 2 is 2.37 bits per heavy atom. The van der Waals surface area contributed by atoms with Crippen LogP contribution in [0.15, 0.2) is 24.4 Å². The molecule has 19 heavy (non-hydrogen) atoms. The van der Waals surface area contributed by atoms with Crippen molar-refractivity contribution in [1.29, 1.82) is 0 Å². The maximum absolute atomic E-state index is 9.42. The van der Waals surface area contributed by atoms with Crippen molar-refractivity contribution in [3.63, 3.8) is 0 Å². The number of benzene rings is 1. The number of hydrogen-bond donors (Lipinski definition) is 2. The van der Waals surface area contributed by atoms with Crippen LogP contribution in [-0.2, 0) is 13.6 Å². The quantitative estimate of drug-likeness (QED) is 0.880. The first-order chi connectivity index (χ1) is 9.13. The van der Waals surface area contributed by atoms with Crippen molar-refractivity contribution in [1.82, 2.24) is 15.1 Å². The van der Waals surface area contributed by atoms with Crippen LogP contribution in [0.3, 0.4) is 0 Å². The molecule has 0 bridgehead atoms. The van der Waals surface area contributed by atoms with Gasteiger partial charge >= 0.3 is 0 Å². The van der Waals surface area contributed by atoms with E-state index in [-0.39, 0.29) is 11.8 Å². The van der Waals surface area contributed by atoms with Gasteiger partial charge in [0.05, 0.1) is 11.7 Å². The second-order valence-corrected chi connectivity index (χ2v) is 4.88. The molecule has 2 aromatic rings. The van der Waals surface area contributed by atoms with Gasteiger partial charge in [-0.05, 0) is 19.1 Å². The van der Waals surface area contributed by atoms with E-state index < -0.39 is 0 Å². The summed E-state index contributed by atoms with van der Waals surface area (Å²) < 4.78 is 7.40. The molecule has 1 aromatic carbocycles. The molecular formula is C14H17N3O2. The lowest BCUT2D eigenvalue weighted by Crippen LogP contribution is -2.22. The second-order valence-electron chi connectivity index (χ2n) is 4.88. The van der Waals surface area contributed by atoms with Crippen molar-refractivity contribution in [2.45, 2.75) is 19.5 Å². The third kappa shape index (κ3) is 2.29. The molecule has 2 N–H and O–H groups in total. The van der Waals surface area contributed by atoms with Crippen LogP contribution in [-0.4, -0.2) is 21.5 Å². The topological polar surface area (TPSA) is 59.3 Å². The summed E-state index contributed by atoms with van der Waals surface area (Å²) in [5, 5.41) is 17.2. The maximum Gasteiger partial charge on any atom is 0.127 e. The Morgan fingerprint density at radius 1 is 1.53 bits per heavy atom. The molecule has 0 radical (unpaired) electrons. The van der Waals surface area contributed by atoms with Gasteiger partial charge in [-0.2, -0.15) is 5.10 Å². The van der Waals surface area contributed by atoms with Crippen molar-refractivity contribution in [2.75, 3.05) is 6.61 Å². The molecule has 0 amide bonds. The highest BCUT2D eigenvalue weighted by atomic mass is 16.5. The van der Waals surface area contributed by atoms with Crippen molar-refractivity contribution in [3.05, 3.63) is 41.2 Å². The molecule has 2 heterocycles. The number of hydrogen-bond acceptors (Lipinski definition) is 4. The predicted octanol–water partition coefficient (Wildman–Crippen LogP) is 1.66. The molecule has 0 aliphatic carbocycles. The number of phenols is 1. The Balaban J connectivity index is 1.71. The van der Waals surface area contributed by atoms with Gasteiger partial charge in [-0.3, -0.25) is 4.68 Å². The van der Waals surface area contributed by atoms with Crippen LogP contribution in [0.2, 0.25) is 0 Å². The lowest BCUT2D eigenvalue weighted by molar-refractivity contribution is 0.309. The smallest absolute Gasteiger partial charge is 0.127 e. The lowest BCUT2D eigenvalue weighted by atomic mass is 10.1. The summed E-state index contributed by atoms with van der Waals surface area (Å²) in [5.74, 6) is 1.00. The predicted molar refractivity (Wildman–Crippen MR) is 71.1 cm³/mol. The molecule has 0 saturated carbocycles. The van der Waals surface area contributed by atoms with Gasteiger partial charge < -0.3 is 15.2 Å². The SMILES string of the molecule is Cc1nn(C)cc1CNC1COc2cc(O)ccc21. The first kappa shape index (κ1) is 12.0. The van der Waals surface area contributed by atoms with Crippen LogP contribution in [0.5, 0.6) is 11.5 Å². The molecule has 5 heteroatoms. The minimum Gasteiger partial charge on any atom is -0.508 e. The first-order valence-corrected chi connectivity index (χ1v) is 6.31. The van der Waals surface area contributed by atoms with Crippen LogP contribution in [0.1, 0.15) is 22.9 Å². The second kappa shape index (κ2) is 4.59. The van der Waals surface area contributed by atoms with Gasteiger partial charge in [-0.15, -0.1) is 0 Å². The minimum atomic E-state index is 0.162. The highest BCUT2D eigenvalue weighted by Crippen LogP contribution is 2.34. The third-order valence-corrected chi connectivity index (χ3v) is 3.43. The number of nitrogens with one attached hydrogen (secondary N) is 1. The standard InChI is InChI=1S/C14H17N3O2/c1-9-10(7-17(2)16-9)6-15-13-8-19-14-5-11(18)3-4-12(13)14/h3-5,7,13,15,18H,6,8H2,1-2H3. The molecule has 0 saturated heterocycles. The fraction of sp³-hybridized carbons (Fsp3) is 0.357. The minimum absolute atomic E-state index is 0.162. The van der Waals surface area contributed by atoms with Gasteiger partial charge in [0, 0.05) is 37.0 Å². The molecule has 5 nitrogen and oxygen atoms in total. The summed E-state index contributed by atoms with van der Waals surface area (Å²) >= 11 is 0. The zero-order chi connectivity index (χ0) is 13.4. The van der Waals surface area contributed by atoms with E-state index in [4.69, 9.17) is 4.74 Å². The molecule has 1 atom stereocenters. The fourth-order valence-electron chi connectivity index (χ4n) is 2.42. The van der Waals surface area contributed by atoms with Crippen molar-refractivity contribution >= 4 is 0 Å². The van der Waals surface area contributed by atoms with E-state index in [0.29, 0.717) is 6.61 Å². The molecule has 0 spiro atoms. The molecule has 0 fully saturated rings. The Kier molecular flexibility index (Phi) is 2.91. The summed E-state index contributed by atoms with van der Waals surface area (Å²) in [4.78, 5) is 0. The molecular weight excluding hydrogens is 242 g/mol. The van der Waals surface area contributed by atoms with Crippen molar-refractivity contribution in [2.24, 2.45) is 7.05 Å². The highest BCUT2D eigenvalue weighted by Gasteiger charge is 2.24. The van der Waals surface area contributed by atoms with Gasteiger partial charge in [0.25, 0.3) is 0 Å². The van der Waals surface area contributed by atoms with Gasteiger partial charge in [0.1, 0.15) is 18.1 Å². The average molecular weight is 259 g/mol. The Morgan fingerprint density at radius 3 is 3.11 bits per heavy atom. The largest absolute Gasteiger partial charge is 0.508 e. The average Bonchev–Trinajstić information content (AvgIpc) is 2.89. The maximum atomic E-state index is 9.42. The van der Waals surface area contributed by atoms with Gasteiger partial charge in [0.15, 0.2) is 0 Å². The zero-order valence-corrected chi connectivity index (χ0v) is 11.1. The van der Waals surface area contributed by atoms with Gasteiger partial charge in [-0.25, -0.2) is 0 Å². The Bertz CT molecular complexity index is 607. The number of nitrogens with zero attached hydrogens (tertiary/aromatic N) is 2. The van der Waals surface area contributed by atoms with E-state index in [9.17, 15) is 5.11 Å². The number of fused-ring (bicyclic) bond motifs is 1. The van der Waals surface area contributed by atoms with Crippen molar-refractivity contribution in [3.8, 4) is 11.5 Å². The normalized spacial score (nSPS) is 17.3. The van der Waals surface area contributed by atoms with Crippen molar-refractivity contribution < 1.29 is 9.84 Å². The van der Waals surface area contributed by atoms with Gasteiger partial charge in [-0.1, -0.05) is 0 Å². The Labute approximate surface area is 111 Å². The molecule has 100 valence electrons. The van der Waals surface area contributed by atoms with E-state index in [1.807, 2.05) is 30.9 Å². The van der Waals surface area contributed by atoms with Gasteiger partial charge in [0.2, 0.25) is 0 Å². The van der Waals surface area contributed by atoms with E-state index in [1.165, 1.54) is 5.56 Å². The summed E-state index contributed by atoms with van der Waals surface area (Å²) in [6.45, 7) is 3.36. The molecule has 1 aliphatic rings. The number of aromatic nitrogens is 2. The summed E-state index contributed by atoms with van der Waals surface area (Å²) in [5.41, 5.74) is 3.33. The molecule has 1 unspecified atom stereocenters. The lowest BCUT2D eigenvalue weighted by Gasteiger charge is -2.11. The summed E-state index contributed by atoms with van der Waals surface area (Å²) in [7, 11) is 1.92. The fourth-order valence-corrected chi connectivity index (χ4v) is 2.42. The molecule has 1 aliphatic heterocycles. The zero-order valence-electron chi connectivity index (χ0n) is 11.1. The van der Waals surface area contributed by atoms with Crippen LogP contribution >= 0.6 is 0 Å². The molecule has 1 aromatic heterocycles. The van der Waals surface area contributed by atoms with Crippen LogP contribution in [0.4, 0.5) is 0 Å². The summed E-state index contributed by atoms with van der Waals surface area (Å²) in [6, 6.07) is 5.42. The Hall–Kier alpha value is -2.01. The number of aryl methyl sites for hydroxylation is 2. The number of rotatable bonds is 3. The number of aromatic hydroxyl groups is 1. The van der Waals surface area contributed by atoms with E-state index in [0.717, 1.165) is 23.6 Å². The van der Waals surface area contributed by atoms with E-state index in [2.05, 4.69) is 10.4 Å². The first-order valence-electron chi connectivity index (χ1n) is 6.31. The van der Waals surface area contributed by atoms with Crippen LogP contribution < -0.4 is 10.1 Å². The van der Waals surface area contributed by atoms with E-state index >= 15 is 0 Å². The van der Waals surface area contributed by atoms with Crippen LogP contribution in [0, 0.1) is 6.92 Å². The number of ether oxygens (including phenoxy) is 1. The molecule has 3 rings (SSSR count). The van der Waals surface area contributed by atoms with E-state index in [1.54, 1.807) is 12.1 Å². The highest BCUT2D eigenvalue weighted by molar-refractivity contribution is 5.44. The number of phenolic OH excluding ortho intramolecular Hbond substituents is 1. The van der Waals surface area contributed by atoms with Crippen LogP contribution in [0.25, 0.3) is 0 Å². The summed E-state index contributed by atoms with van der Waals surface area (Å²) in [6.07, 6.45) is 2.02. The third-order valence-electron chi connectivity index (χ3n) is 3.43. The monoisotopic (exact) mass is 259 g/mol.